The zero-order valence-corrected chi connectivity index (χ0v) is 16.0. The summed E-state index contributed by atoms with van der Waals surface area (Å²) < 4.78 is 2.25. The zero-order valence-electron chi connectivity index (χ0n) is 15.2. The van der Waals surface area contributed by atoms with E-state index in [0.717, 1.165) is 23.8 Å². The van der Waals surface area contributed by atoms with E-state index in [9.17, 15) is 4.79 Å². The predicted octanol–water partition coefficient (Wildman–Crippen LogP) is 3.94. The molecule has 130 valence electrons. The summed E-state index contributed by atoms with van der Waals surface area (Å²) in [6, 6.07) is 0.357. The maximum absolute atomic E-state index is 12.3. The average molecular weight is 338 g/mol. The van der Waals surface area contributed by atoms with Crippen LogP contribution < -0.4 is 5.32 Å². The van der Waals surface area contributed by atoms with E-state index in [1.54, 1.807) is 11.8 Å². The molecule has 0 aromatic carbocycles. The van der Waals surface area contributed by atoms with Crippen molar-refractivity contribution < 1.29 is 4.79 Å². The van der Waals surface area contributed by atoms with Crippen molar-refractivity contribution in [2.24, 2.45) is 11.8 Å². The second-order valence-corrected chi connectivity index (χ2v) is 8.24. The third-order valence-electron chi connectivity index (χ3n) is 4.76. The summed E-state index contributed by atoms with van der Waals surface area (Å²) in [7, 11) is 0. The molecule has 2 rings (SSSR count). The Balaban J connectivity index is 1.92. The lowest BCUT2D eigenvalue weighted by molar-refractivity contribution is -0.119. The third-order valence-corrected chi connectivity index (χ3v) is 5.74. The molecular weight excluding hydrogens is 306 g/mol. The van der Waals surface area contributed by atoms with Crippen LogP contribution in [-0.2, 0) is 11.3 Å². The van der Waals surface area contributed by atoms with Gasteiger partial charge in [-0.15, -0.1) is 0 Å². The Morgan fingerprint density at radius 3 is 2.70 bits per heavy atom. The highest BCUT2D eigenvalue weighted by Gasteiger charge is 2.23. The zero-order chi connectivity index (χ0) is 17.0. The van der Waals surface area contributed by atoms with Crippen LogP contribution in [0.1, 0.15) is 57.8 Å². The third kappa shape index (κ3) is 5.00. The first-order chi connectivity index (χ1) is 10.9. The van der Waals surface area contributed by atoms with Gasteiger partial charge in [-0.3, -0.25) is 4.79 Å². The van der Waals surface area contributed by atoms with Crippen molar-refractivity contribution in [3.63, 3.8) is 0 Å². The number of hydrogen-bond acceptors (Lipinski definition) is 3. The van der Waals surface area contributed by atoms with Gasteiger partial charge in [0.1, 0.15) is 0 Å². The maximum atomic E-state index is 12.3. The van der Waals surface area contributed by atoms with Gasteiger partial charge in [0.2, 0.25) is 5.91 Å². The van der Waals surface area contributed by atoms with Crippen molar-refractivity contribution in [1.82, 2.24) is 14.9 Å². The Bertz CT molecular complexity index is 539. The molecule has 0 radical (unpaired) electrons. The van der Waals surface area contributed by atoms with Crippen molar-refractivity contribution in [2.75, 3.05) is 5.75 Å². The van der Waals surface area contributed by atoms with Crippen LogP contribution >= 0.6 is 11.8 Å². The number of imidazole rings is 1. The Kier molecular flexibility index (Phi) is 6.57. The molecule has 1 saturated carbocycles. The van der Waals surface area contributed by atoms with Crippen LogP contribution in [0.15, 0.2) is 5.16 Å². The molecule has 0 bridgehead atoms. The van der Waals surface area contributed by atoms with Crippen molar-refractivity contribution in [3.05, 3.63) is 11.4 Å². The molecule has 0 saturated heterocycles. The SMILES string of the molecule is Cc1nc(SCC(=O)N[C@H]2CCCC[C@H]2C)n(CC(C)C)c1C. The maximum Gasteiger partial charge on any atom is 0.230 e. The van der Waals surface area contributed by atoms with Gasteiger partial charge in [0.15, 0.2) is 5.16 Å². The van der Waals surface area contributed by atoms with Crippen LogP contribution in [0.2, 0.25) is 0 Å². The van der Waals surface area contributed by atoms with E-state index in [-0.39, 0.29) is 5.91 Å². The quantitative estimate of drug-likeness (QED) is 0.800. The number of nitrogens with one attached hydrogen (secondary N) is 1. The summed E-state index contributed by atoms with van der Waals surface area (Å²) in [5, 5.41) is 4.20. The number of carbonyl (C=O) groups is 1. The first kappa shape index (κ1) is 18.4. The number of hydrogen-bond donors (Lipinski definition) is 1. The molecule has 4 nitrogen and oxygen atoms in total. The summed E-state index contributed by atoms with van der Waals surface area (Å²) in [6.45, 7) is 11.8. The van der Waals surface area contributed by atoms with E-state index in [0.29, 0.717) is 23.6 Å². The molecule has 0 spiro atoms. The van der Waals surface area contributed by atoms with E-state index >= 15 is 0 Å². The van der Waals surface area contributed by atoms with Gasteiger partial charge >= 0.3 is 0 Å². The first-order valence-electron chi connectivity index (χ1n) is 8.84. The molecular formula is C18H31N3OS. The van der Waals surface area contributed by atoms with Crippen LogP contribution in [0, 0.1) is 25.7 Å². The highest BCUT2D eigenvalue weighted by atomic mass is 32.2. The van der Waals surface area contributed by atoms with E-state index in [1.165, 1.54) is 25.0 Å². The smallest absolute Gasteiger partial charge is 0.230 e. The molecule has 1 fully saturated rings. The Hall–Kier alpha value is -0.970. The van der Waals surface area contributed by atoms with Crippen molar-refractivity contribution in [3.8, 4) is 0 Å². The topological polar surface area (TPSA) is 46.9 Å². The molecule has 1 aromatic heterocycles. The van der Waals surface area contributed by atoms with Crippen molar-refractivity contribution in [2.45, 2.75) is 78.0 Å². The van der Waals surface area contributed by atoms with Gasteiger partial charge in [0, 0.05) is 18.3 Å². The molecule has 1 amide bonds. The minimum absolute atomic E-state index is 0.142. The van der Waals surface area contributed by atoms with Crippen LogP contribution in [0.3, 0.4) is 0 Å². The van der Waals surface area contributed by atoms with Crippen molar-refractivity contribution >= 4 is 17.7 Å². The van der Waals surface area contributed by atoms with Gasteiger partial charge in [0.05, 0.1) is 11.4 Å². The van der Waals surface area contributed by atoms with Gasteiger partial charge in [-0.25, -0.2) is 4.98 Å². The average Bonchev–Trinajstić information content (AvgIpc) is 2.75. The normalized spacial score (nSPS) is 21.7. The second kappa shape index (κ2) is 8.22. The lowest BCUT2D eigenvalue weighted by Gasteiger charge is -2.29. The molecule has 5 heteroatoms. The molecule has 1 aliphatic rings. The number of amides is 1. The molecule has 1 aromatic rings. The van der Waals surface area contributed by atoms with E-state index < -0.39 is 0 Å². The summed E-state index contributed by atoms with van der Waals surface area (Å²) in [4.78, 5) is 16.9. The van der Waals surface area contributed by atoms with E-state index in [2.05, 4.69) is 42.6 Å². The largest absolute Gasteiger partial charge is 0.352 e. The summed E-state index contributed by atoms with van der Waals surface area (Å²) in [5.41, 5.74) is 2.27. The van der Waals surface area contributed by atoms with Crippen LogP contribution in [0.25, 0.3) is 0 Å². The molecule has 1 aliphatic carbocycles. The summed E-state index contributed by atoms with van der Waals surface area (Å²) in [5.74, 6) is 1.77. The number of nitrogens with zero attached hydrogens (tertiary/aromatic N) is 2. The number of carbonyl (C=O) groups excluding carboxylic acids is 1. The molecule has 23 heavy (non-hydrogen) atoms. The Morgan fingerprint density at radius 2 is 2.04 bits per heavy atom. The monoisotopic (exact) mass is 337 g/mol. The lowest BCUT2D eigenvalue weighted by Crippen LogP contribution is -2.41. The molecule has 0 aliphatic heterocycles. The minimum atomic E-state index is 0.142. The van der Waals surface area contributed by atoms with Crippen LogP contribution in [0.4, 0.5) is 0 Å². The highest BCUT2D eigenvalue weighted by Crippen LogP contribution is 2.25. The summed E-state index contributed by atoms with van der Waals surface area (Å²) in [6.07, 6.45) is 4.89. The van der Waals surface area contributed by atoms with Crippen molar-refractivity contribution in [1.29, 1.82) is 0 Å². The standard InChI is InChI=1S/C18H31N3OS/c1-12(2)10-21-15(5)14(4)19-18(21)23-11-17(22)20-16-9-7-6-8-13(16)3/h12-13,16H,6-11H2,1-5H3,(H,20,22)/t13-,16+/m1/s1. The summed E-state index contributed by atoms with van der Waals surface area (Å²) >= 11 is 1.56. The minimum Gasteiger partial charge on any atom is -0.352 e. The van der Waals surface area contributed by atoms with Crippen LogP contribution in [-0.4, -0.2) is 27.3 Å². The van der Waals surface area contributed by atoms with Gasteiger partial charge in [-0.05, 0) is 38.5 Å². The number of aryl methyl sites for hydroxylation is 1. The molecule has 2 atom stereocenters. The fourth-order valence-electron chi connectivity index (χ4n) is 3.22. The predicted molar refractivity (Wildman–Crippen MR) is 96.8 cm³/mol. The van der Waals surface area contributed by atoms with Gasteiger partial charge in [-0.1, -0.05) is 45.4 Å². The number of aromatic nitrogens is 2. The molecule has 1 heterocycles. The molecule has 0 unspecified atom stereocenters. The fraction of sp³-hybridized carbons (Fsp3) is 0.778. The Morgan fingerprint density at radius 1 is 1.35 bits per heavy atom. The highest BCUT2D eigenvalue weighted by molar-refractivity contribution is 7.99. The number of thioether (sulfide) groups is 1. The molecule has 1 N–H and O–H groups in total. The fourth-order valence-corrected chi connectivity index (χ4v) is 4.14. The first-order valence-corrected chi connectivity index (χ1v) is 9.83. The number of rotatable bonds is 6. The van der Waals surface area contributed by atoms with Gasteiger partial charge in [0.25, 0.3) is 0 Å². The van der Waals surface area contributed by atoms with Crippen LogP contribution in [0.5, 0.6) is 0 Å². The Labute approximate surface area is 144 Å². The van der Waals surface area contributed by atoms with Gasteiger partial charge < -0.3 is 9.88 Å². The van der Waals surface area contributed by atoms with E-state index in [1.807, 2.05) is 6.92 Å². The second-order valence-electron chi connectivity index (χ2n) is 7.29. The lowest BCUT2D eigenvalue weighted by atomic mass is 9.86. The van der Waals surface area contributed by atoms with E-state index in [4.69, 9.17) is 0 Å². The van der Waals surface area contributed by atoms with Gasteiger partial charge in [-0.2, -0.15) is 0 Å².